The number of nitrogens with one attached hydrogen (secondary N) is 1. The van der Waals surface area contributed by atoms with Crippen LogP contribution in [0.15, 0.2) is 42.5 Å². The molecule has 4 heteroatoms. The molecule has 3 nitrogen and oxygen atoms in total. The number of carbonyl (C=O) groups is 1. The Kier molecular flexibility index (Phi) is 5.40. The predicted octanol–water partition coefficient (Wildman–Crippen LogP) is 4.02. The van der Waals surface area contributed by atoms with Gasteiger partial charge in [-0.25, -0.2) is 4.39 Å². The third-order valence-corrected chi connectivity index (χ3v) is 4.89. The topological polar surface area (TPSA) is 32.3 Å². The van der Waals surface area contributed by atoms with Gasteiger partial charge >= 0.3 is 0 Å². The van der Waals surface area contributed by atoms with Crippen LogP contribution >= 0.6 is 0 Å². The van der Waals surface area contributed by atoms with Crippen molar-refractivity contribution >= 4 is 17.7 Å². The summed E-state index contributed by atoms with van der Waals surface area (Å²) >= 11 is 0. The van der Waals surface area contributed by atoms with E-state index in [2.05, 4.69) is 41.4 Å². The number of fused-ring (bicyclic) bond motifs is 1. The van der Waals surface area contributed by atoms with Gasteiger partial charge in [0.25, 0.3) is 0 Å². The number of amides is 1. The summed E-state index contributed by atoms with van der Waals surface area (Å²) in [6.45, 7) is 7.04. The minimum absolute atomic E-state index is 0.134. The van der Waals surface area contributed by atoms with Crippen molar-refractivity contribution in [3.63, 3.8) is 0 Å². The summed E-state index contributed by atoms with van der Waals surface area (Å²) in [7, 11) is 0. The van der Waals surface area contributed by atoms with E-state index in [0.717, 1.165) is 18.5 Å². The fourth-order valence-corrected chi connectivity index (χ4v) is 3.58. The van der Waals surface area contributed by atoms with Gasteiger partial charge in [0.1, 0.15) is 5.82 Å². The van der Waals surface area contributed by atoms with Crippen LogP contribution in [-0.4, -0.2) is 25.0 Å². The molecule has 136 valence electrons. The molecular weight excluding hydrogens is 327 g/mol. The van der Waals surface area contributed by atoms with E-state index in [0.29, 0.717) is 23.7 Å². The summed E-state index contributed by atoms with van der Waals surface area (Å²) in [5.74, 6) is -0.323. The minimum atomic E-state index is -0.188. The van der Waals surface area contributed by atoms with Crippen LogP contribution in [0.5, 0.6) is 0 Å². The summed E-state index contributed by atoms with van der Waals surface area (Å²) in [6.07, 6.45) is 4.28. The molecule has 1 unspecified atom stereocenters. The molecule has 0 radical (unpaired) electrons. The van der Waals surface area contributed by atoms with Gasteiger partial charge in [-0.2, -0.15) is 0 Å². The summed E-state index contributed by atoms with van der Waals surface area (Å²) in [5.41, 5.74) is 4.65. The largest absolute Gasteiger partial charge is 0.367 e. The van der Waals surface area contributed by atoms with Gasteiger partial charge in [-0.1, -0.05) is 18.2 Å². The van der Waals surface area contributed by atoms with Crippen LogP contribution in [-0.2, 0) is 11.2 Å². The first-order valence-corrected chi connectivity index (χ1v) is 9.03. The highest BCUT2D eigenvalue weighted by Crippen LogP contribution is 2.31. The third-order valence-electron chi connectivity index (χ3n) is 4.89. The molecule has 0 saturated carbocycles. The quantitative estimate of drug-likeness (QED) is 0.824. The molecule has 0 aliphatic carbocycles. The maximum absolute atomic E-state index is 13.7. The smallest absolute Gasteiger partial charge is 0.244 e. The van der Waals surface area contributed by atoms with Gasteiger partial charge in [-0.15, -0.1) is 0 Å². The Morgan fingerprint density at radius 3 is 2.69 bits per heavy atom. The van der Waals surface area contributed by atoms with Crippen molar-refractivity contribution in [2.75, 3.05) is 18.0 Å². The van der Waals surface area contributed by atoms with Crippen molar-refractivity contribution in [1.82, 2.24) is 5.32 Å². The van der Waals surface area contributed by atoms with Gasteiger partial charge in [0.15, 0.2) is 0 Å². The lowest BCUT2D eigenvalue weighted by Crippen LogP contribution is -2.37. The van der Waals surface area contributed by atoms with Gasteiger partial charge in [-0.3, -0.25) is 4.79 Å². The van der Waals surface area contributed by atoms with Gasteiger partial charge in [0.2, 0.25) is 5.91 Å². The summed E-state index contributed by atoms with van der Waals surface area (Å²) < 4.78 is 13.7. The van der Waals surface area contributed by atoms with Crippen molar-refractivity contribution in [2.24, 2.45) is 0 Å². The molecule has 1 aliphatic heterocycles. The van der Waals surface area contributed by atoms with Crippen molar-refractivity contribution in [3.05, 3.63) is 70.5 Å². The Balaban J connectivity index is 1.53. The maximum atomic E-state index is 13.7. The van der Waals surface area contributed by atoms with Crippen LogP contribution in [0.4, 0.5) is 10.1 Å². The molecule has 0 fully saturated rings. The Bertz CT molecular complexity index is 821. The van der Waals surface area contributed by atoms with E-state index in [9.17, 15) is 9.18 Å². The third kappa shape index (κ3) is 3.96. The number of anilines is 1. The highest BCUT2D eigenvalue weighted by molar-refractivity contribution is 5.91. The summed E-state index contributed by atoms with van der Waals surface area (Å²) in [4.78, 5) is 14.4. The van der Waals surface area contributed by atoms with E-state index < -0.39 is 0 Å². The average molecular weight is 352 g/mol. The molecule has 1 N–H and O–H groups in total. The first kappa shape index (κ1) is 18.2. The molecule has 1 heterocycles. The fourth-order valence-electron chi connectivity index (χ4n) is 3.58. The number of carbonyl (C=O) groups excluding carboxylic acids is 1. The van der Waals surface area contributed by atoms with E-state index >= 15 is 0 Å². The fraction of sp³-hybridized carbons (Fsp3) is 0.318. The van der Waals surface area contributed by atoms with E-state index in [1.807, 2.05) is 0 Å². The number of aryl methyl sites for hydroxylation is 2. The number of hydrogen-bond donors (Lipinski definition) is 1. The Morgan fingerprint density at radius 2 is 1.96 bits per heavy atom. The minimum Gasteiger partial charge on any atom is -0.367 e. The van der Waals surface area contributed by atoms with Crippen LogP contribution in [0, 0.1) is 19.7 Å². The monoisotopic (exact) mass is 352 g/mol. The lowest BCUT2D eigenvalue weighted by molar-refractivity contribution is -0.116. The van der Waals surface area contributed by atoms with Gasteiger partial charge in [0, 0.05) is 30.9 Å². The first-order chi connectivity index (χ1) is 12.5. The number of benzene rings is 2. The van der Waals surface area contributed by atoms with Gasteiger partial charge < -0.3 is 10.2 Å². The van der Waals surface area contributed by atoms with Crippen molar-refractivity contribution < 1.29 is 9.18 Å². The molecule has 0 aromatic heterocycles. The number of rotatable bonds is 5. The van der Waals surface area contributed by atoms with Crippen molar-refractivity contribution in [2.45, 2.75) is 33.2 Å². The van der Waals surface area contributed by atoms with Crippen LogP contribution in [0.3, 0.4) is 0 Å². The van der Waals surface area contributed by atoms with Crippen LogP contribution in [0.25, 0.3) is 6.08 Å². The van der Waals surface area contributed by atoms with E-state index in [-0.39, 0.29) is 11.7 Å². The first-order valence-electron chi connectivity index (χ1n) is 9.03. The maximum Gasteiger partial charge on any atom is 0.244 e. The molecular formula is C22H25FN2O. The number of para-hydroxylation sites is 1. The zero-order valence-electron chi connectivity index (χ0n) is 15.6. The standard InChI is InChI=1S/C22H25FN2O/c1-15-12-18(13-16(2)22(15)23)8-9-21(26)24-10-11-25-17(3)14-19-6-4-5-7-20(19)25/h4-9,12-13,17H,10-11,14H2,1-3H3,(H,24,26)/b9-8+. The number of halogens is 1. The van der Waals surface area contributed by atoms with Crippen LogP contribution in [0.1, 0.15) is 29.2 Å². The number of nitrogens with zero attached hydrogens (tertiary/aromatic N) is 1. The predicted molar refractivity (Wildman–Crippen MR) is 105 cm³/mol. The van der Waals surface area contributed by atoms with E-state index in [4.69, 9.17) is 0 Å². The molecule has 3 rings (SSSR count). The molecule has 1 aliphatic rings. The lowest BCUT2D eigenvalue weighted by atomic mass is 10.1. The van der Waals surface area contributed by atoms with Gasteiger partial charge in [-0.05, 0) is 73.7 Å². The molecule has 26 heavy (non-hydrogen) atoms. The highest BCUT2D eigenvalue weighted by atomic mass is 19.1. The molecule has 0 bridgehead atoms. The Labute approximate surface area is 154 Å². The normalized spacial score (nSPS) is 16.2. The Morgan fingerprint density at radius 1 is 1.27 bits per heavy atom. The molecule has 1 amide bonds. The second-order valence-corrected chi connectivity index (χ2v) is 6.97. The van der Waals surface area contributed by atoms with E-state index in [1.54, 1.807) is 32.1 Å². The SMILES string of the molecule is Cc1cc(/C=C/C(=O)NCCN2c3ccccc3CC2C)cc(C)c1F. The van der Waals surface area contributed by atoms with Crippen molar-refractivity contribution in [3.8, 4) is 0 Å². The molecule has 0 saturated heterocycles. The zero-order chi connectivity index (χ0) is 18.7. The summed E-state index contributed by atoms with van der Waals surface area (Å²) in [5, 5.41) is 2.93. The molecule has 1 atom stereocenters. The summed E-state index contributed by atoms with van der Waals surface area (Å²) in [6, 6.07) is 12.4. The Hall–Kier alpha value is -2.62. The van der Waals surface area contributed by atoms with Gasteiger partial charge in [0.05, 0.1) is 0 Å². The van der Waals surface area contributed by atoms with Crippen LogP contribution in [0.2, 0.25) is 0 Å². The molecule has 2 aromatic carbocycles. The second kappa shape index (κ2) is 7.73. The average Bonchev–Trinajstić information content (AvgIpc) is 2.93. The highest BCUT2D eigenvalue weighted by Gasteiger charge is 2.24. The lowest BCUT2D eigenvalue weighted by Gasteiger charge is -2.24. The van der Waals surface area contributed by atoms with Crippen molar-refractivity contribution in [1.29, 1.82) is 0 Å². The molecule has 0 spiro atoms. The molecule has 2 aromatic rings. The zero-order valence-corrected chi connectivity index (χ0v) is 15.6. The van der Waals surface area contributed by atoms with Crippen LogP contribution < -0.4 is 10.2 Å². The second-order valence-electron chi connectivity index (χ2n) is 6.97. The number of hydrogen-bond acceptors (Lipinski definition) is 2. The van der Waals surface area contributed by atoms with E-state index in [1.165, 1.54) is 17.3 Å².